The topological polar surface area (TPSA) is 47.6 Å². The van der Waals surface area contributed by atoms with E-state index in [2.05, 4.69) is 5.32 Å². The third kappa shape index (κ3) is 5.65. The predicted molar refractivity (Wildman–Crippen MR) is 86.4 cm³/mol. The zero-order chi connectivity index (χ0) is 19.2. The lowest BCUT2D eigenvalue weighted by molar-refractivity contribution is -0.137. The molecule has 0 aliphatic carbocycles. The van der Waals surface area contributed by atoms with Crippen LogP contribution < -0.4 is 14.8 Å². The number of rotatable bonds is 7. The van der Waals surface area contributed by atoms with Gasteiger partial charge in [0, 0.05) is 0 Å². The van der Waals surface area contributed by atoms with Gasteiger partial charge in [0.15, 0.2) is 17.7 Å². The van der Waals surface area contributed by atoms with E-state index in [1.807, 2.05) is 0 Å². The van der Waals surface area contributed by atoms with Crippen molar-refractivity contribution in [2.45, 2.75) is 19.2 Å². The third-order valence-corrected chi connectivity index (χ3v) is 3.34. The van der Waals surface area contributed by atoms with Crippen molar-refractivity contribution in [2.24, 2.45) is 0 Å². The molecule has 0 fully saturated rings. The number of carbonyl (C=O) groups excluding carboxylic acids is 1. The quantitative estimate of drug-likeness (QED) is 0.595. The van der Waals surface area contributed by atoms with Gasteiger partial charge in [-0.2, -0.15) is 13.2 Å². The van der Waals surface area contributed by atoms with Crippen LogP contribution in [0.25, 0.3) is 0 Å². The van der Waals surface area contributed by atoms with Gasteiger partial charge in [0.2, 0.25) is 0 Å². The Labute approximate surface area is 147 Å². The standard InChI is InChI=1S/C18H17F4NO3/c1-12(26-16-8-3-2-7-15(16)19)17(24)23-9-10-25-14-6-4-5-13(11-14)18(20,21)22/h2-8,11-12H,9-10H2,1H3,(H,23,24). The first-order valence-electron chi connectivity index (χ1n) is 7.76. The highest BCUT2D eigenvalue weighted by atomic mass is 19.4. The Bertz CT molecular complexity index is 749. The van der Waals surface area contributed by atoms with Crippen molar-refractivity contribution in [3.63, 3.8) is 0 Å². The highest BCUT2D eigenvalue weighted by Gasteiger charge is 2.30. The van der Waals surface area contributed by atoms with E-state index in [1.54, 1.807) is 6.07 Å². The number of hydrogen-bond acceptors (Lipinski definition) is 3. The van der Waals surface area contributed by atoms with E-state index >= 15 is 0 Å². The van der Waals surface area contributed by atoms with E-state index in [4.69, 9.17) is 9.47 Å². The summed E-state index contributed by atoms with van der Waals surface area (Å²) < 4.78 is 61.7. The lowest BCUT2D eigenvalue weighted by Gasteiger charge is -2.15. The van der Waals surface area contributed by atoms with Crippen LogP contribution in [0.3, 0.4) is 0 Å². The van der Waals surface area contributed by atoms with Crippen molar-refractivity contribution < 1.29 is 31.8 Å². The second-order valence-corrected chi connectivity index (χ2v) is 5.36. The second kappa shape index (κ2) is 8.55. The molecule has 1 unspecified atom stereocenters. The van der Waals surface area contributed by atoms with Crippen LogP contribution in [0.1, 0.15) is 12.5 Å². The summed E-state index contributed by atoms with van der Waals surface area (Å²) in [6.45, 7) is 1.48. The molecule has 140 valence electrons. The van der Waals surface area contributed by atoms with Crippen LogP contribution >= 0.6 is 0 Å². The summed E-state index contributed by atoms with van der Waals surface area (Å²) in [5.41, 5.74) is -0.814. The molecular weight excluding hydrogens is 354 g/mol. The fourth-order valence-electron chi connectivity index (χ4n) is 2.03. The van der Waals surface area contributed by atoms with E-state index in [1.165, 1.54) is 37.3 Å². The van der Waals surface area contributed by atoms with Gasteiger partial charge in [-0.1, -0.05) is 18.2 Å². The first-order valence-corrected chi connectivity index (χ1v) is 7.76. The summed E-state index contributed by atoms with van der Waals surface area (Å²) in [7, 11) is 0. The fraction of sp³-hybridized carbons (Fsp3) is 0.278. The molecule has 0 saturated heterocycles. The Morgan fingerprint density at radius 3 is 2.58 bits per heavy atom. The number of amides is 1. The van der Waals surface area contributed by atoms with Crippen LogP contribution in [-0.4, -0.2) is 25.2 Å². The van der Waals surface area contributed by atoms with Crippen molar-refractivity contribution in [3.8, 4) is 11.5 Å². The molecule has 1 atom stereocenters. The van der Waals surface area contributed by atoms with Crippen molar-refractivity contribution in [1.29, 1.82) is 0 Å². The summed E-state index contributed by atoms with van der Waals surface area (Å²) in [5.74, 6) is -1.08. The minimum absolute atomic E-state index is 0.0283. The summed E-state index contributed by atoms with van der Waals surface area (Å²) in [4.78, 5) is 11.9. The van der Waals surface area contributed by atoms with Gasteiger partial charge < -0.3 is 14.8 Å². The van der Waals surface area contributed by atoms with E-state index in [0.29, 0.717) is 0 Å². The smallest absolute Gasteiger partial charge is 0.416 e. The molecule has 26 heavy (non-hydrogen) atoms. The lowest BCUT2D eigenvalue weighted by atomic mass is 10.2. The summed E-state index contributed by atoms with van der Waals surface area (Å²) in [6.07, 6.45) is -5.40. The molecule has 8 heteroatoms. The van der Waals surface area contributed by atoms with Gasteiger partial charge in [-0.05, 0) is 37.3 Å². The average molecular weight is 371 g/mol. The number of nitrogens with one attached hydrogen (secondary N) is 1. The molecule has 0 saturated carbocycles. The molecule has 0 aromatic heterocycles. The Morgan fingerprint density at radius 2 is 1.88 bits per heavy atom. The van der Waals surface area contributed by atoms with E-state index in [9.17, 15) is 22.4 Å². The number of alkyl halides is 3. The normalized spacial score (nSPS) is 12.3. The van der Waals surface area contributed by atoms with Crippen LogP contribution in [0, 0.1) is 5.82 Å². The average Bonchev–Trinajstić information content (AvgIpc) is 2.60. The van der Waals surface area contributed by atoms with Crippen molar-refractivity contribution >= 4 is 5.91 Å². The molecule has 4 nitrogen and oxygen atoms in total. The fourth-order valence-corrected chi connectivity index (χ4v) is 2.03. The van der Waals surface area contributed by atoms with Crippen LogP contribution in [0.2, 0.25) is 0 Å². The zero-order valence-electron chi connectivity index (χ0n) is 13.8. The van der Waals surface area contributed by atoms with Gasteiger partial charge in [-0.3, -0.25) is 4.79 Å². The number of carbonyl (C=O) groups is 1. The van der Waals surface area contributed by atoms with Crippen molar-refractivity contribution in [3.05, 3.63) is 59.9 Å². The molecular formula is C18H17F4NO3. The number of ether oxygens (including phenoxy) is 2. The molecule has 0 bridgehead atoms. The number of halogens is 4. The van der Waals surface area contributed by atoms with Gasteiger partial charge in [-0.25, -0.2) is 4.39 Å². The molecule has 0 heterocycles. The number of para-hydroxylation sites is 1. The molecule has 0 radical (unpaired) electrons. The zero-order valence-corrected chi connectivity index (χ0v) is 13.8. The first-order chi connectivity index (χ1) is 12.3. The predicted octanol–water partition coefficient (Wildman–Crippen LogP) is 3.81. The third-order valence-electron chi connectivity index (χ3n) is 3.34. The number of hydrogen-bond donors (Lipinski definition) is 1. The van der Waals surface area contributed by atoms with Gasteiger partial charge in [0.05, 0.1) is 12.1 Å². The summed E-state index contributed by atoms with van der Waals surface area (Å²) in [5, 5.41) is 2.50. The monoisotopic (exact) mass is 371 g/mol. The van der Waals surface area contributed by atoms with Crippen LogP contribution in [0.5, 0.6) is 11.5 Å². The molecule has 1 N–H and O–H groups in total. The van der Waals surface area contributed by atoms with Crippen LogP contribution in [0.4, 0.5) is 17.6 Å². The maximum atomic E-state index is 13.5. The molecule has 0 aliphatic rings. The van der Waals surface area contributed by atoms with Gasteiger partial charge in [-0.15, -0.1) is 0 Å². The Morgan fingerprint density at radius 1 is 1.15 bits per heavy atom. The number of benzene rings is 2. The minimum Gasteiger partial charge on any atom is -0.492 e. The van der Waals surface area contributed by atoms with Gasteiger partial charge in [0.1, 0.15) is 12.4 Å². The lowest BCUT2D eigenvalue weighted by Crippen LogP contribution is -2.38. The molecule has 1 amide bonds. The van der Waals surface area contributed by atoms with E-state index in [0.717, 1.165) is 12.1 Å². The molecule has 0 spiro atoms. The first kappa shape index (κ1) is 19.6. The summed E-state index contributed by atoms with van der Waals surface area (Å²) in [6, 6.07) is 10.1. The van der Waals surface area contributed by atoms with Crippen LogP contribution in [-0.2, 0) is 11.0 Å². The Kier molecular flexibility index (Phi) is 6.43. The van der Waals surface area contributed by atoms with Gasteiger partial charge in [0.25, 0.3) is 5.91 Å². The largest absolute Gasteiger partial charge is 0.492 e. The van der Waals surface area contributed by atoms with E-state index < -0.39 is 29.6 Å². The molecule has 2 aromatic rings. The minimum atomic E-state index is -4.45. The molecule has 0 aliphatic heterocycles. The highest BCUT2D eigenvalue weighted by molar-refractivity contribution is 5.80. The maximum Gasteiger partial charge on any atom is 0.416 e. The Hall–Kier alpha value is -2.77. The highest BCUT2D eigenvalue weighted by Crippen LogP contribution is 2.31. The van der Waals surface area contributed by atoms with E-state index in [-0.39, 0.29) is 24.7 Å². The van der Waals surface area contributed by atoms with Crippen molar-refractivity contribution in [1.82, 2.24) is 5.32 Å². The second-order valence-electron chi connectivity index (χ2n) is 5.36. The molecule has 2 aromatic carbocycles. The van der Waals surface area contributed by atoms with Crippen molar-refractivity contribution in [2.75, 3.05) is 13.2 Å². The Balaban J connectivity index is 1.77. The summed E-state index contributed by atoms with van der Waals surface area (Å²) >= 11 is 0. The molecule has 2 rings (SSSR count). The van der Waals surface area contributed by atoms with Gasteiger partial charge >= 0.3 is 6.18 Å². The maximum absolute atomic E-state index is 13.5. The SMILES string of the molecule is CC(Oc1ccccc1F)C(=O)NCCOc1cccc(C(F)(F)F)c1. The van der Waals surface area contributed by atoms with Crippen LogP contribution in [0.15, 0.2) is 48.5 Å².